The molecule has 5 nitrogen and oxygen atoms in total. The molecular formula is C14H19ClN2O3. The second kappa shape index (κ2) is 6.92. The number of amides is 1. The van der Waals surface area contributed by atoms with Crippen LogP contribution in [0.25, 0.3) is 0 Å². The van der Waals surface area contributed by atoms with Gasteiger partial charge in [0.05, 0.1) is 12.6 Å². The number of rotatable bonds is 6. The summed E-state index contributed by atoms with van der Waals surface area (Å²) in [7, 11) is 1.91. The van der Waals surface area contributed by atoms with Crippen LogP contribution in [-0.4, -0.2) is 60.8 Å². The average Bonchev–Trinajstić information content (AvgIpc) is 2.82. The van der Waals surface area contributed by atoms with E-state index in [-0.39, 0.29) is 6.09 Å². The highest BCUT2D eigenvalue weighted by Crippen LogP contribution is 2.18. The Hall–Kier alpha value is -1.30. The first kappa shape index (κ1) is 15.1. The van der Waals surface area contributed by atoms with E-state index in [9.17, 15) is 9.90 Å². The molecule has 1 saturated heterocycles. The Morgan fingerprint density at radius 2 is 2.35 bits per heavy atom. The van der Waals surface area contributed by atoms with Crippen LogP contribution in [0.1, 0.15) is 11.7 Å². The van der Waals surface area contributed by atoms with Crippen molar-refractivity contribution >= 4 is 17.7 Å². The molecule has 1 aliphatic heterocycles. The summed E-state index contributed by atoms with van der Waals surface area (Å²) < 4.78 is 4.87. The van der Waals surface area contributed by atoms with Crippen LogP contribution in [0, 0.1) is 0 Å². The number of carbonyl (C=O) groups excluding carboxylic acids is 1. The van der Waals surface area contributed by atoms with E-state index in [1.165, 1.54) is 0 Å². The molecular weight excluding hydrogens is 280 g/mol. The Morgan fingerprint density at radius 3 is 3.00 bits per heavy atom. The van der Waals surface area contributed by atoms with Crippen LogP contribution < -0.4 is 0 Å². The van der Waals surface area contributed by atoms with Gasteiger partial charge in [-0.3, -0.25) is 0 Å². The van der Waals surface area contributed by atoms with Crippen LogP contribution in [0.2, 0.25) is 5.02 Å². The van der Waals surface area contributed by atoms with Crippen LogP contribution in [-0.2, 0) is 4.74 Å². The van der Waals surface area contributed by atoms with Crippen molar-refractivity contribution in [3.8, 4) is 0 Å². The van der Waals surface area contributed by atoms with Gasteiger partial charge in [0, 0.05) is 24.7 Å². The second-order valence-electron chi connectivity index (χ2n) is 4.93. The number of cyclic esters (lactones) is 1. The zero-order valence-corrected chi connectivity index (χ0v) is 12.2. The molecule has 1 heterocycles. The van der Waals surface area contributed by atoms with E-state index in [1.807, 2.05) is 24.1 Å². The van der Waals surface area contributed by atoms with Gasteiger partial charge in [-0.1, -0.05) is 23.7 Å². The largest absolute Gasteiger partial charge is 0.448 e. The maximum atomic E-state index is 11.3. The van der Waals surface area contributed by atoms with Gasteiger partial charge < -0.3 is 19.6 Å². The summed E-state index contributed by atoms with van der Waals surface area (Å²) in [5, 5.41) is 10.8. The van der Waals surface area contributed by atoms with Crippen molar-refractivity contribution in [3.63, 3.8) is 0 Å². The number of ether oxygens (including phenoxy) is 1. The number of halogens is 1. The molecule has 0 saturated carbocycles. The summed E-state index contributed by atoms with van der Waals surface area (Å²) >= 11 is 5.91. The molecule has 6 heteroatoms. The average molecular weight is 299 g/mol. The third kappa shape index (κ3) is 4.10. The molecule has 1 aliphatic rings. The summed E-state index contributed by atoms with van der Waals surface area (Å²) in [5.41, 5.74) is 0.796. The highest BCUT2D eigenvalue weighted by Gasteiger charge is 2.22. The predicted octanol–water partition coefficient (Wildman–Crippen LogP) is 1.76. The van der Waals surface area contributed by atoms with Crippen molar-refractivity contribution in [2.75, 3.05) is 39.8 Å². The van der Waals surface area contributed by atoms with Crippen molar-refractivity contribution in [3.05, 3.63) is 34.9 Å². The molecule has 1 aromatic carbocycles. The fraction of sp³-hybridized carbons (Fsp3) is 0.500. The van der Waals surface area contributed by atoms with Crippen LogP contribution in [0.5, 0.6) is 0 Å². The fourth-order valence-corrected chi connectivity index (χ4v) is 2.32. The molecule has 1 N–H and O–H groups in total. The predicted molar refractivity (Wildman–Crippen MR) is 76.8 cm³/mol. The standard InChI is InChI=1S/C14H19ClN2O3/c1-16(5-6-17-7-8-20-14(17)19)10-13(18)11-3-2-4-12(15)9-11/h2-4,9,13,18H,5-8,10H2,1H3. The van der Waals surface area contributed by atoms with Crippen LogP contribution in [0.3, 0.4) is 0 Å². The van der Waals surface area contributed by atoms with E-state index in [0.29, 0.717) is 37.8 Å². The minimum absolute atomic E-state index is 0.256. The molecule has 1 atom stereocenters. The Bertz CT molecular complexity index is 469. The van der Waals surface area contributed by atoms with E-state index in [4.69, 9.17) is 16.3 Å². The highest BCUT2D eigenvalue weighted by atomic mass is 35.5. The van der Waals surface area contributed by atoms with Gasteiger partial charge >= 0.3 is 6.09 Å². The lowest BCUT2D eigenvalue weighted by atomic mass is 10.1. The monoisotopic (exact) mass is 298 g/mol. The molecule has 0 radical (unpaired) electrons. The van der Waals surface area contributed by atoms with Gasteiger partial charge in [-0.25, -0.2) is 4.79 Å². The lowest BCUT2D eigenvalue weighted by Crippen LogP contribution is -2.35. The van der Waals surface area contributed by atoms with Crippen molar-refractivity contribution in [1.29, 1.82) is 0 Å². The molecule has 1 aromatic rings. The number of aliphatic hydroxyl groups excluding tert-OH is 1. The normalized spacial score (nSPS) is 16.6. The first-order chi connectivity index (χ1) is 9.56. The van der Waals surface area contributed by atoms with Crippen LogP contribution in [0.4, 0.5) is 4.79 Å². The number of likely N-dealkylation sites (N-methyl/N-ethyl adjacent to an activating group) is 1. The Morgan fingerprint density at radius 1 is 1.55 bits per heavy atom. The quantitative estimate of drug-likeness (QED) is 0.869. The van der Waals surface area contributed by atoms with Gasteiger partial charge in [-0.15, -0.1) is 0 Å². The third-order valence-corrected chi connectivity index (χ3v) is 3.55. The second-order valence-corrected chi connectivity index (χ2v) is 5.37. The third-order valence-electron chi connectivity index (χ3n) is 3.31. The molecule has 1 amide bonds. The van der Waals surface area contributed by atoms with Gasteiger partial charge in [0.15, 0.2) is 0 Å². The summed E-state index contributed by atoms with van der Waals surface area (Å²) in [4.78, 5) is 14.9. The lowest BCUT2D eigenvalue weighted by molar-refractivity contribution is 0.120. The SMILES string of the molecule is CN(CCN1CCOC1=O)CC(O)c1cccc(Cl)c1. The summed E-state index contributed by atoms with van der Waals surface area (Å²) in [6, 6.07) is 7.21. The smallest absolute Gasteiger partial charge is 0.409 e. The Balaban J connectivity index is 1.79. The minimum atomic E-state index is -0.593. The Labute approximate surface area is 123 Å². The minimum Gasteiger partial charge on any atom is -0.448 e. The van der Waals surface area contributed by atoms with E-state index < -0.39 is 6.10 Å². The van der Waals surface area contributed by atoms with Crippen molar-refractivity contribution in [2.24, 2.45) is 0 Å². The van der Waals surface area contributed by atoms with Crippen LogP contribution >= 0.6 is 11.6 Å². The summed E-state index contributed by atoms with van der Waals surface area (Å²) in [5.74, 6) is 0. The number of hydrogen-bond donors (Lipinski definition) is 1. The molecule has 0 spiro atoms. The number of carbonyl (C=O) groups is 1. The number of aliphatic hydroxyl groups is 1. The van der Waals surface area contributed by atoms with Crippen molar-refractivity contribution in [1.82, 2.24) is 9.80 Å². The molecule has 0 aromatic heterocycles. The van der Waals surface area contributed by atoms with E-state index in [1.54, 1.807) is 17.0 Å². The van der Waals surface area contributed by atoms with Crippen molar-refractivity contribution < 1.29 is 14.6 Å². The molecule has 1 fully saturated rings. The van der Waals surface area contributed by atoms with Crippen LogP contribution in [0.15, 0.2) is 24.3 Å². The Kier molecular flexibility index (Phi) is 5.23. The van der Waals surface area contributed by atoms with Gasteiger partial charge in [0.2, 0.25) is 0 Å². The maximum absolute atomic E-state index is 11.3. The molecule has 1 unspecified atom stereocenters. The fourth-order valence-electron chi connectivity index (χ4n) is 2.13. The lowest BCUT2D eigenvalue weighted by Gasteiger charge is -2.23. The molecule has 0 bridgehead atoms. The molecule has 110 valence electrons. The zero-order chi connectivity index (χ0) is 14.5. The molecule has 2 rings (SSSR count). The van der Waals surface area contributed by atoms with Gasteiger partial charge in [-0.2, -0.15) is 0 Å². The number of benzene rings is 1. The van der Waals surface area contributed by atoms with Gasteiger partial charge in [0.1, 0.15) is 6.61 Å². The topological polar surface area (TPSA) is 53.0 Å². The number of nitrogens with zero attached hydrogens (tertiary/aromatic N) is 2. The van der Waals surface area contributed by atoms with Crippen molar-refractivity contribution in [2.45, 2.75) is 6.10 Å². The molecule has 0 aliphatic carbocycles. The van der Waals surface area contributed by atoms with E-state index in [0.717, 1.165) is 5.56 Å². The van der Waals surface area contributed by atoms with Gasteiger partial charge in [-0.05, 0) is 24.7 Å². The number of hydrogen-bond acceptors (Lipinski definition) is 4. The maximum Gasteiger partial charge on any atom is 0.409 e. The zero-order valence-electron chi connectivity index (χ0n) is 11.5. The van der Waals surface area contributed by atoms with E-state index >= 15 is 0 Å². The summed E-state index contributed by atoms with van der Waals surface area (Å²) in [6.07, 6.45) is -0.849. The highest BCUT2D eigenvalue weighted by molar-refractivity contribution is 6.30. The first-order valence-electron chi connectivity index (χ1n) is 6.60. The first-order valence-corrected chi connectivity index (χ1v) is 6.98. The summed E-state index contributed by atoms with van der Waals surface area (Å²) in [6.45, 7) is 2.89. The molecule has 20 heavy (non-hydrogen) atoms. The van der Waals surface area contributed by atoms with Gasteiger partial charge in [0.25, 0.3) is 0 Å². The van der Waals surface area contributed by atoms with E-state index in [2.05, 4.69) is 0 Å².